The summed E-state index contributed by atoms with van der Waals surface area (Å²) in [7, 11) is 0. The molecule has 4 atom stereocenters. The summed E-state index contributed by atoms with van der Waals surface area (Å²) < 4.78 is 0. The molecule has 2 aliphatic rings. The minimum atomic E-state index is 0.609. The summed E-state index contributed by atoms with van der Waals surface area (Å²) in [4.78, 5) is 0. The standard InChI is InChI=1S/C23H45NS/c1-20-13-9-5-4-7-10-14-21(18-17-20)24-22-15-11-6-2-3-8-12-16-23(25)19-22/h20-25H,2-19H2,1H3. The third-order valence-electron chi connectivity index (χ3n) is 6.63. The van der Waals surface area contributed by atoms with Gasteiger partial charge in [-0.2, -0.15) is 12.6 Å². The van der Waals surface area contributed by atoms with E-state index in [2.05, 4.69) is 12.2 Å². The maximum atomic E-state index is 4.93. The van der Waals surface area contributed by atoms with Gasteiger partial charge in [-0.1, -0.05) is 84.0 Å². The summed E-state index contributed by atoms with van der Waals surface area (Å²) in [5.74, 6) is 0.924. The molecule has 0 aromatic heterocycles. The number of hydrogen-bond donors (Lipinski definition) is 2. The lowest BCUT2D eigenvalue weighted by Crippen LogP contribution is -2.40. The van der Waals surface area contributed by atoms with Gasteiger partial charge in [-0.3, -0.25) is 0 Å². The first-order valence-electron chi connectivity index (χ1n) is 11.7. The van der Waals surface area contributed by atoms with Gasteiger partial charge in [0.25, 0.3) is 0 Å². The van der Waals surface area contributed by atoms with E-state index in [-0.39, 0.29) is 0 Å². The van der Waals surface area contributed by atoms with Gasteiger partial charge in [0.05, 0.1) is 0 Å². The Bertz CT molecular complexity index is 319. The van der Waals surface area contributed by atoms with E-state index < -0.39 is 0 Å². The lowest BCUT2D eigenvalue weighted by atomic mass is 9.94. The van der Waals surface area contributed by atoms with Crippen LogP contribution in [0.2, 0.25) is 0 Å². The van der Waals surface area contributed by atoms with E-state index in [1.54, 1.807) is 0 Å². The molecule has 1 nitrogen and oxygen atoms in total. The molecule has 0 aromatic rings. The third-order valence-corrected chi connectivity index (χ3v) is 7.09. The molecule has 2 rings (SSSR count). The molecule has 0 radical (unpaired) electrons. The SMILES string of the molecule is CC1CCCCCCCC(NC2CCCCCCCCC(S)C2)CC1. The molecule has 0 saturated heterocycles. The van der Waals surface area contributed by atoms with Gasteiger partial charge in [0, 0.05) is 17.3 Å². The fourth-order valence-corrected chi connectivity index (χ4v) is 5.32. The van der Waals surface area contributed by atoms with Gasteiger partial charge in [-0.15, -0.1) is 0 Å². The number of thiol groups is 1. The molecule has 0 aliphatic heterocycles. The van der Waals surface area contributed by atoms with Crippen molar-refractivity contribution in [1.82, 2.24) is 5.32 Å². The van der Waals surface area contributed by atoms with E-state index in [4.69, 9.17) is 12.6 Å². The van der Waals surface area contributed by atoms with Gasteiger partial charge in [0.2, 0.25) is 0 Å². The van der Waals surface area contributed by atoms with Gasteiger partial charge < -0.3 is 5.32 Å². The lowest BCUT2D eigenvalue weighted by molar-refractivity contribution is 0.324. The summed E-state index contributed by atoms with van der Waals surface area (Å²) in [6, 6.07) is 1.47. The Kier molecular flexibility index (Phi) is 11.6. The number of hydrogen-bond acceptors (Lipinski definition) is 2. The van der Waals surface area contributed by atoms with Gasteiger partial charge in [0.1, 0.15) is 0 Å². The van der Waals surface area contributed by atoms with Crippen LogP contribution in [0, 0.1) is 5.92 Å². The normalized spacial score (nSPS) is 35.3. The van der Waals surface area contributed by atoms with E-state index in [9.17, 15) is 0 Å². The predicted octanol–water partition coefficient (Wildman–Crippen LogP) is 7.30. The summed E-state index contributed by atoms with van der Waals surface area (Å²) in [6.07, 6.45) is 25.5. The molecule has 2 heteroatoms. The first-order chi connectivity index (χ1) is 12.2. The Balaban J connectivity index is 1.85. The van der Waals surface area contributed by atoms with Crippen LogP contribution in [0.3, 0.4) is 0 Å². The van der Waals surface area contributed by atoms with E-state index in [0.717, 1.165) is 12.0 Å². The number of rotatable bonds is 2. The Morgan fingerprint density at radius 1 is 0.560 bits per heavy atom. The Labute approximate surface area is 163 Å². The van der Waals surface area contributed by atoms with Crippen molar-refractivity contribution in [3.05, 3.63) is 0 Å². The number of nitrogens with one attached hydrogen (secondary N) is 1. The Morgan fingerprint density at radius 2 is 1.08 bits per heavy atom. The van der Waals surface area contributed by atoms with Crippen LogP contribution in [0.4, 0.5) is 0 Å². The van der Waals surface area contributed by atoms with E-state index in [1.165, 1.54) is 116 Å². The molecule has 2 aliphatic carbocycles. The van der Waals surface area contributed by atoms with Crippen LogP contribution in [0.5, 0.6) is 0 Å². The van der Waals surface area contributed by atoms with Crippen LogP contribution >= 0.6 is 12.6 Å². The van der Waals surface area contributed by atoms with Gasteiger partial charge in [-0.25, -0.2) is 0 Å². The fraction of sp³-hybridized carbons (Fsp3) is 1.00. The summed E-state index contributed by atoms with van der Waals surface area (Å²) >= 11 is 4.93. The fourth-order valence-electron chi connectivity index (χ4n) is 4.88. The average Bonchev–Trinajstić information content (AvgIpc) is 2.66. The Hall–Kier alpha value is 0.310. The summed E-state index contributed by atoms with van der Waals surface area (Å²) in [5, 5.41) is 4.74. The molecule has 4 unspecified atom stereocenters. The molecule has 2 fully saturated rings. The first-order valence-corrected chi connectivity index (χ1v) is 12.2. The van der Waals surface area contributed by atoms with Crippen LogP contribution in [-0.2, 0) is 0 Å². The second-order valence-corrected chi connectivity index (χ2v) is 9.91. The van der Waals surface area contributed by atoms with E-state index in [0.29, 0.717) is 11.3 Å². The van der Waals surface area contributed by atoms with Crippen molar-refractivity contribution in [3.63, 3.8) is 0 Å². The molecule has 0 amide bonds. The maximum absolute atomic E-state index is 4.93. The smallest absolute Gasteiger partial charge is 0.00801 e. The summed E-state index contributed by atoms with van der Waals surface area (Å²) in [5.41, 5.74) is 0. The molecule has 0 heterocycles. The zero-order chi connectivity index (χ0) is 17.7. The van der Waals surface area contributed by atoms with E-state index in [1.807, 2.05) is 0 Å². The van der Waals surface area contributed by atoms with Gasteiger partial charge in [-0.05, 0) is 44.4 Å². The highest BCUT2D eigenvalue weighted by Gasteiger charge is 2.19. The minimum Gasteiger partial charge on any atom is -0.311 e. The monoisotopic (exact) mass is 367 g/mol. The molecule has 2 saturated carbocycles. The van der Waals surface area contributed by atoms with Crippen molar-refractivity contribution in [2.45, 2.75) is 140 Å². The molecule has 1 N–H and O–H groups in total. The largest absolute Gasteiger partial charge is 0.311 e. The molecular weight excluding hydrogens is 322 g/mol. The molecule has 0 aromatic carbocycles. The molecular formula is C23H45NS. The van der Waals surface area contributed by atoms with Crippen LogP contribution in [0.1, 0.15) is 122 Å². The van der Waals surface area contributed by atoms with Crippen LogP contribution in [0.15, 0.2) is 0 Å². The molecule has 0 bridgehead atoms. The van der Waals surface area contributed by atoms with Crippen LogP contribution in [0.25, 0.3) is 0 Å². The first kappa shape index (κ1) is 21.6. The van der Waals surface area contributed by atoms with Crippen molar-refractivity contribution in [2.75, 3.05) is 0 Å². The minimum absolute atomic E-state index is 0.609. The lowest BCUT2D eigenvalue weighted by Gasteiger charge is -2.28. The second kappa shape index (κ2) is 13.5. The quantitative estimate of drug-likeness (QED) is 0.488. The van der Waals surface area contributed by atoms with Crippen molar-refractivity contribution in [3.8, 4) is 0 Å². The highest BCUT2D eigenvalue weighted by atomic mass is 32.1. The van der Waals surface area contributed by atoms with Crippen molar-refractivity contribution >= 4 is 12.6 Å². The molecule has 25 heavy (non-hydrogen) atoms. The van der Waals surface area contributed by atoms with Crippen LogP contribution < -0.4 is 5.32 Å². The highest BCUT2D eigenvalue weighted by molar-refractivity contribution is 7.80. The zero-order valence-corrected chi connectivity index (χ0v) is 17.9. The predicted molar refractivity (Wildman–Crippen MR) is 116 cm³/mol. The highest BCUT2D eigenvalue weighted by Crippen LogP contribution is 2.24. The van der Waals surface area contributed by atoms with Crippen molar-refractivity contribution in [2.24, 2.45) is 5.92 Å². The topological polar surface area (TPSA) is 12.0 Å². The van der Waals surface area contributed by atoms with Gasteiger partial charge >= 0.3 is 0 Å². The van der Waals surface area contributed by atoms with Crippen molar-refractivity contribution < 1.29 is 0 Å². The summed E-state index contributed by atoms with van der Waals surface area (Å²) in [6.45, 7) is 2.48. The maximum Gasteiger partial charge on any atom is 0.00801 e. The van der Waals surface area contributed by atoms with E-state index >= 15 is 0 Å². The van der Waals surface area contributed by atoms with Gasteiger partial charge in [0.15, 0.2) is 0 Å². The zero-order valence-electron chi connectivity index (χ0n) is 17.0. The average molecular weight is 368 g/mol. The van der Waals surface area contributed by atoms with Crippen molar-refractivity contribution in [1.29, 1.82) is 0 Å². The third kappa shape index (κ3) is 10.3. The second-order valence-electron chi connectivity index (χ2n) is 9.18. The molecule has 148 valence electrons. The Morgan fingerprint density at radius 3 is 1.76 bits per heavy atom. The molecule has 0 spiro atoms. The van der Waals surface area contributed by atoms with Crippen LogP contribution in [-0.4, -0.2) is 17.3 Å².